The van der Waals surface area contributed by atoms with E-state index in [1.54, 1.807) is 12.1 Å². The SMILES string of the molecule is Cc1ccccc1-c1noc(COC(=O)c2ccncc2)n1. The highest BCUT2D eigenvalue weighted by Gasteiger charge is 2.13. The van der Waals surface area contributed by atoms with Gasteiger partial charge >= 0.3 is 5.97 Å². The molecule has 0 amide bonds. The first-order valence-corrected chi connectivity index (χ1v) is 6.70. The van der Waals surface area contributed by atoms with Crippen LogP contribution in [0.15, 0.2) is 53.3 Å². The number of carbonyl (C=O) groups is 1. The summed E-state index contributed by atoms with van der Waals surface area (Å²) < 4.78 is 10.2. The maximum absolute atomic E-state index is 11.8. The second-order valence-electron chi connectivity index (χ2n) is 4.64. The minimum Gasteiger partial charge on any atom is -0.452 e. The number of hydrogen-bond donors (Lipinski definition) is 0. The molecule has 0 bridgehead atoms. The van der Waals surface area contributed by atoms with Crippen molar-refractivity contribution in [3.63, 3.8) is 0 Å². The number of hydrogen-bond acceptors (Lipinski definition) is 6. The van der Waals surface area contributed by atoms with Crippen LogP contribution in [0.3, 0.4) is 0 Å². The standard InChI is InChI=1S/C16H13N3O3/c1-11-4-2-3-5-13(11)15-18-14(22-19-15)10-21-16(20)12-6-8-17-9-7-12/h2-9H,10H2,1H3. The van der Waals surface area contributed by atoms with E-state index in [0.717, 1.165) is 11.1 Å². The molecule has 0 saturated heterocycles. The zero-order chi connectivity index (χ0) is 15.4. The second kappa shape index (κ2) is 6.17. The number of carbonyl (C=O) groups excluding carboxylic acids is 1. The molecule has 1 aromatic carbocycles. The molecule has 3 rings (SSSR count). The van der Waals surface area contributed by atoms with E-state index in [9.17, 15) is 4.79 Å². The number of esters is 1. The topological polar surface area (TPSA) is 78.1 Å². The molecule has 6 nitrogen and oxygen atoms in total. The van der Waals surface area contributed by atoms with Crippen LogP contribution < -0.4 is 0 Å². The van der Waals surface area contributed by atoms with Crippen molar-refractivity contribution in [2.45, 2.75) is 13.5 Å². The first-order valence-electron chi connectivity index (χ1n) is 6.70. The van der Waals surface area contributed by atoms with Crippen LogP contribution >= 0.6 is 0 Å². The van der Waals surface area contributed by atoms with Gasteiger partial charge in [-0.15, -0.1) is 0 Å². The molecule has 0 radical (unpaired) electrons. The Bertz CT molecular complexity index is 784. The zero-order valence-corrected chi connectivity index (χ0v) is 11.9. The van der Waals surface area contributed by atoms with E-state index in [4.69, 9.17) is 9.26 Å². The molecule has 0 N–H and O–H groups in total. The lowest BCUT2D eigenvalue weighted by atomic mass is 10.1. The number of pyridine rings is 1. The molecule has 0 fully saturated rings. The molecule has 110 valence electrons. The summed E-state index contributed by atoms with van der Waals surface area (Å²) in [5.41, 5.74) is 2.36. The monoisotopic (exact) mass is 295 g/mol. The van der Waals surface area contributed by atoms with Gasteiger partial charge in [-0.05, 0) is 24.6 Å². The number of ether oxygens (including phenoxy) is 1. The molecule has 0 saturated carbocycles. The molecule has 0 unspecified atom stereocenters. The third-order valence-electron chi connectivity index (χ3n) is 3.10. The lowest BCUT2D eigenvalue weighted by Crippen LogP contribution is -2.05. The van der Waals surface area contributed by atoms with Gasteiger partial charge in [0.15, 0.2) is 6.61 Å². The summed E-state index contributed by atoms with van der Waals surface area (Å²) in [5, 5.41) is 3.91. The Balaban J connectivity index is 1.68. The van der Waals surface area contributed by atoms with E-state index in [0.29, 0.717) is 11.4 Å². The largest absolute Gasteiger partial charge is 0.452 e. The van der Waals surface area contributed by atoms with Crippen LogP contribution in [0.5, 0.6) is 0 Å². The van der Waals surface area contributed by atoms with Crippen molar-refractivity contribution in [2.75, 3.05) is 0 Å². The molecule has 22 heavy (non-hydrogen) atoms. The number of aromatic nitrogens is 3. The smallest absolute Gasteiger partial charge is 0.338 e. The minimum atomic E-state index is -0.460. The summed E-state index contributed by atoms with van der Waals surface area (Å²) in [6, 6.07) is 10.9. The highest BCUT2D eigenvalue weighted by atomic mass is 16.6. The summed E-state index contributed by atoms with van der Waals surface area (Å²) in [7, 11) is 0. The van der Waals surface area contributed by atoms with Crippen LogP contribution in [-0.2, 0) is 11.3 Å². The number of benzene rings is 1. The lowest BCUT2D eigenvalue weighted by molar-refractivity contribution is 0.0429. The van der Waals surface area contributed by atoms with Crippen molar-refractivity contribution in [2.24, 2.45) is 0 Å². The van der Waals surface area contributed by atoms with Crippen LogP contribution in [0.1, 0.15) is 21.8 Å². The van der Waals surface area contributed by atoms with Crippen molar-refractivity contribution in [1.29, 1.82) is 0 Å². The van der Waals surface area contributed by atoms with Gasteiger partial charge in [0.1, 0.15) is 0 Å². The lowest BCUT2D eigenvalue weighted by Gasteiger charge is -2.00. The average Bonchev–Trinajstić information content (AvgIpc) is 3.02. The van der Waals surface area contributed by atoms with Gasteiger partial charge in [-0.25, -0.2) is 4.79 Å². The molecule has 3 aromatic rings. The summed E-state index contributed by atoms with van der Waals surface area (Å²) >= 11 is 0. The molecular formula is C16H13N3O3. The Morgan fingerprint density at radius 2 is 1.95 bits per heavy atom. The first kappa shape index (κ1) is 13.9. The van der Waals surface area contributed by atoms with E-state index in [2.05, 4.69) is 15.1 Å². The minimum absolute atomic E-state index is 0.0694. The molecule has 0 aliphatic carbocycles. The first-order chi connectivity index (χ1) is 10.7. The number of aryl methyl sites for hydroxylation is 1. The summed E-state index contributed by atoms with van der Waals surface area (Å²) in [6.07, 6.45) is 3.05. The highest BCUT2D eigenvalue weighted by molar-refractivity contribution is 5.89. The van der Waals surface area contributed by atoms with Crippen LogP contribution in [0.25, 0.3) is 11.4 Å². The molecule has 0 aliphatic heterocycles. The Labute approximate surface area is 126 Å². The highest BCUT2D eigenvalue weighted by Crippen LogP contribution is 2.20. The maximum Gasteiger partial charge on any atom is 0.338 e. The number of rotatable bonds is 4. The van der Waals surface area contributed by atoms with E-state index in [1.165, 1.54) is 12.4 Å². The van der Waals surface area contributed by atoms with Gasteiger partial charge in [-0.2, -0.15) is 4.98 Å². The third-order valence-corrected chi connectivity index (χ3v) is 3.10. The van der Waals surface area contributed by atoms with Crippen LogP contribution in [0.4, 0.5) is 0 Å². The van der Waals surface area contributed by atoms with Crippen LogP contribution in [0.2, 0.25) is 0 Å². The molecule has 0 aliphatic rings. The molecular weight excluding hydrogens is 282 g/mol. The Morgan fingerprint density at radius 3 is 2.73 bits per heavy atom. The molecule has 6 heteroatoms. The van der Waals surface area contributed by atoms with Crippen LogP contribution in [-0.4, -0.2) is 21.1 Å². The van der Waals surface area contributed by atoms with Gasteiger partial charge in [0.05, 0.1) is 5.56 Å². The average molecular weight is 295 g/mol. The fourth-order valence-electron chi connectivity index (χ4n) is 1.95. The van der Waals surface area contributed by atoms with Gasteiger partial charge in [0.25, 0.3) is 5.89 Å². The van der Waals surface area contributed by atoms with Crippen molar-refractivity contribution in [1.82, 2.24) is 15.1 Å². The Kier molecular flexibility index (Phi) is 3.91. The third kappa shape index (κ3) is 3.01. The fourth-order valence-corrected chi connectivity index (χ4v) is 1.95. The Morgan fingerprint density at radius 1 is 1.18 bits per heavy atom. The summed E-state index contributed by atoms with van der Waals surface area (Å²) in [6.45, 7) is 1.90. The predicted molar refractivity (Wildman–Crippen MR) is 77.8 cm³/mol. The van der Waals surface area contributed by atoms with Gasteiger partial charge in [0.2, 0.25) is 5.82 Å². The molecule has 2 heterocycles. The van der Waals surface area contributed by atoms with E-state index >= 15 is 0 Å². The van der Waals surface area contributed by atoms with Gasteiger partial charge in [0, 0.05) is 18.0 Å². The molecule has 0 atom stereocenters. The fraction of sp³-hybridized carbons (Fsp3) is 0.125. The van der Waals surface area contributed by atoms with Crippen molar-refractivity contribution >= 4 is 5.97 Å². The van der Waals surface area contributed by atoms with Gasteiger partial charge in [-0.3, -0.25) is 4.98 Å². The maximum atomic E-state index is 11.8. The Hall–Kier alpha value is -3.02. The zero-order valence-electron chi connectivity index (χ0n) is 11.9. The number of nitrogens with zero attached hydrogens (tertiary/aromatic N) is 3. The van der Waals surface area contributed by atoms with Crippen molar-refractivity contribution in [3.05, 3.63) is 65.8 Å². The van der Waals surface area contributed by atoms with Crippen LogP contribution in [0, 0.1) is 6.92 Å². The summed E-state index contributed by atoms with van der Waals surface area (Å²) in [5.74, 6) is 0.270. The molecule has 2 aromatic heterocycles. The van der Waals surface area contributed by atoms with E-state index in [1.807, 2.05) is 31.2 Å². The predicted octanol–water partition coefficient (Wildman–Crippen LogP) is 2.80. The van der Waals surface area contributed by atoms with E-state index in [-0.39, 0.29) is 12.5 Å². The van der Waals surface area contributed by atoms with Gasteiger partial charge in [-0.1, -0.05) is 29.4 Å². The summed E-state index contributed by atoms with van der Waals surface area (Å²) in [4.78, 5) is 19.9. The van der Waals surface area contributed by atoms with Gasteiger partial charge < -0.3 is 9.26 Å². The van der Waals surface area contributed by atoms with Crippen molar-refractivity contribution in [3.8, 4) is 11.4 Å². The van der Waals surface area contributed by atoms with Crippen molar-refractivity contribution < 1.29 is 14.1 Å². The van der Waals surface area contributed by atoms with E-state index < -0.39 is 5.97 Å². The second-order valence-corrected chi connectivity index (χ2v) is 4.64. The quantitative estimate of drug-likeness (QED) is 0.689. The normalized spacial score (nSPS) is 10.4. The molecule has 0 spiro atoms.